The lowest BCUT2D eigenvalue weighted by Gasteiger charge is -1.97. The number of aliphatic hydroxyl groups excluding tert-OH is 1. The lowest BCUT2D eigenvalue weighted by Crippen LogP contribution is -1.93. The van der Waals surface area contributed by atoms with Gasteiger partial charge >= 0.3 is 0 Å². The number of aliphatic hydroxyl groups is 1. The van der Waals surface area contributed by atoms with Gasteiger partial charge < -0.3 is 5.11 Å². The summed E-state index contributed by atoms with van der Waals surface area (Å²) in [5.74, 6) is 1.61. The molecule has 0 heterocycles. The van der Waals surface area contributed by atoms with Crippen LogP contribution in [0.5, 0.6) is 0 Å². The molecule has 0 aliphatic rings. The minimum absolute atomic E-state index is 0.247. The van der Waals surface area contributed by atoms with Crippen molar-refractivity contribution in [2.75, 3.05) is 11.5 Å². The summed E-state index contributed by atoms with van der Waals surface area (Å²) >= 11 is 6.12. The maximum Gasteiger partial charge on any atom is 0.0964 e. The van der Waals surface area contributed by atoms with Crippen molar-refractivity contribution in [2.45, 2.75) is 12.4 Å². The number of hydrogen-bond acceptors (Lipinski definition) is 2. The molecule has 7 heavy (non-hydrogen) atoms. The first-order chi connectivity index (χ1) is 3.27. The van der Waals surface area contributed by atoms with Gasteiger partial charge in [-0.05, 0) is 6.92 Å². The van der Waals surface area contributed by atoms with Crippen molar-refractivity contribution in [3.8, 4) is 0 Å². The molecule has 0 bridgehead atoms. The number of hydrogen-bond donors (Lipinski definition) is 1. The van der Waals surface area contributed by atoms with Crippen LogP contribution < -0.4 is 0 Å². The van der Waals surface area contributed by atoms with Gasteiger partial charge in [0.15, 0.2) is 0 Å². The molecule has 1 atom stereocenters. The maximum absolute atomic E-state index is 8.60. The van der Waals surface area contributed by atoms with Crippen LogP contribution in [0.3, 0.4) is 0 Å². The Kier molecular flexibility index (Phi) is 5.26. The third kappa shape index (κ3) is 6.66. The van der Waals surface area contributed by atoms with Crippen molar-refractivity contribution in [3.63, 3.8) is 0 Å². The lowest BCUT2D eigenvalue weighted by molar-refractivity contribution is 0.284. The number of thioether (sulfide) groups is 1. The summed E-state index contributed by atoms with van der Waals surface area (Å²) in [6.45, 7) is 1.75. The van der Waals surface area contributed by atoms with Gasteiger partial charge in [-0.1, -0.05) is 12.6 Å². The van der Waals surface area contributed by atoms with E-state index < -0.39 is 0 Å². The van der Waals surface area contributed by atoms with E-state index in [2.05, 4.69) is 12.6 Å². The van der Waals surface area contributed by atoms with Gasteiger partial charge in [0.1, 0.15) is 0 Å². The highest BCUT2D eigenvalue weighted by molar-refractivity contribution is 8.00. The molecule has 0 spiro atoms. The predicted molar refractivity (Wildman–Crippen MR) is 36.6 cm³/mol. The molecule has 1 N–H and O–H groups in total. The van der Waals surface area contributed by atoms with E-state index >= 15 is 0 Å². The normalized spacial score (nSPS) is 14.1. The Hall–Kier alpha value is 0.660. The minimum atomic E-state index is -0.247. The SMILES string of the molecule is CC(O)SCC[S]. The van der Waals surface area contributed by atoms with Crippen molar-refractivity contribution in [1.29, 1.82) is 0 Å². The third-order valence-corrected chi connectivity index (χ3v) is 1.83. The Labute approximate surface area is 53.9 Å². The van der Waals surface area contributed by atoms with Crippen LogP contribution in [-0.4, -0.2) is 22.0 Å². The molecule has 0 rings (SSSR count). The highest BCUT2D eigenvalue weighted by atomic mass is 32.2. The van der Waals surface area contributed by atoms with E-state index in [1.807, 2.05) is 0 Å². The Morgan fingerprint density at radius 2 is 2.43 bits per heavy atom. The van der Waals surface area contributed by atoms with Crippen molar-refractivity contribution in [2.24, 2.45) is 0 Å². The van der Waals surface area contributed by atoms with Crippen LogP contribution in [0.4, 0.5) is 0 Å². The summed E-state index contributed by atoms with van der Waals surface area (Å²) in [7, 11) is 0. The van der Waals surface area contributed by atoms with Crippen LogP contribution in [0.15, 0.2) is 0 Å². The molecule has 3 heteroatoms. The van der Waals surface area contributed by atoms with Crippen LogP contribution in [0.1, 0.15) is 6.92 Å². The average Bonchev–Trinajstić information content (AvgIpc) is 1.61. The largest absolute Gasteiger partial charge is 0.383 e. The highest BCUT2D eigenvalue weighted by Crippen LogP contribution is 2.05. The monoisotopic (exact) mass is 137 g/mol. The second kappa shape index (κ2) is 4.81. The average molecular weight is 137 g/mol. The molecule has 0 aromatic rings. The lowest BCUT2D eigenvalue weighted by atomic mass is 10.9. The quantitative estimate of drug-likeness (QED) is 0.591. The molecule has 43 valence electrons. The standard InChI is InChI=1S/C4H9OS2/c1-4(5)7-3-2-6/h4-5H,2-3H2,1H3. The predicted octanol–water partition coefficient (Wildman–Crippen LogP) is 1.26. The van der Waals surface area contributed by atoms with E-state index in [1.165, 1.54) is 11.8 Å². The molecule has 0 saturated carbocycles. The van der Waals surface area contributed by atoms with Gasteiger partial charge in [0.25, 0.3) is 0 Å². The Balaban J connectivity index is 2.68. The van der Waals surface area contributed by atoms with Crippen molar-refractivity contribution >= 4 is 24.4 Å². The molecule has 0 saturated heterocycles. The summed E-state index contributed by atoms with van der Waals surface area (Å²) in [5, 5.41) is 8.60. The maximum atomic E-state index is 8.60. The zero-order valence-corrected chi connectivity index (χ0v) is 5.89. The minimum Gasteiger partial charge on any atom is -0.383 e. The molecule has 0 aromatic carbocycles. The topological polar surface area (TPSA) is 20.2 Å². The van der Waals surface area contributed by atoms with Crippen molar-refractivity contribution < 1.29 is 5.11 Å². The smallest absolute Gasteiger partial charge is 0.0964 e. The van der Waals surface area contributed by atoms with Crippen LogP contribution in [0.25, 0.3) is 0 Å². The summed E-state index contributed by atoms with van der Waals surface area (Å²) in [4.78, 5) is 0. The van der Waals surface area contributed by atoms with Crippen LogP contribution in [0.2, 0.25) is 0 Å². The molecule has 1 nitrogen and oxygen atoms in total. The van der Waals surface area contributed by atoms with E-state index in [9.17, 15) is 0 Å². The zero-order chi connectivity index (χ0) is 5.70. The van der Waals surface area contributed by atoms with Gasteiger partial charge in [0.2, 0.25) is 0 Å². The first-order valence-electron chi connectivity index (χ1n) is 2.15. The van der Waals surface area contributed by atoms with E-state index in [0.717, 1.165) is 11.5 Å². The first kappa shape index (κ1) is 7.66. The van der Waals surface area contributed by atoms with Gasteiger partial charge in [0.05, 0.1) is 5.44 Å². The molecule has 0 aromatic heterocycles. The van der Waals surface area contributed by atoms with Gasteiger partial charge in [-0.2, -0.15) is 0 Å². The molecule has 0 fully saturated rings. The molecule has 1 unspecified atom stereocenters. The van der Waals surface area contributed by atoms with Crippen LogP contribution in [-0.2, 0) is 0 Å². The van der Waals surface area contributed by atoms with Crippen molar-refractivity contribution in [1.82, 2.24) is 0 Å². The fraction of sp³-hybridized carbons (Fsp3) is 1.00. The Morgan fingerprint density at radius 1 is 1.86 bits per heavy atom. The second-order valence-corrected chi connectivity index (χ2v) is 3.01. The summed E-state index contributed by atoms with van der Waals surface area (Å²) < 4.78 is 0. The first-order valence-corrected chi connectivity index (χ1v) is 3.77. The Morgan fingerprint density at radius 3 is 2.57 bits per heavy atom. The second-order valence-electron chi connectivity index (χ2n) is 1.17. The van der Waals surface area contributed by atoms with Gasteiger partial charge in [-0.25, -0.2) is 0 Å². The van der Waals surface area contributed by atoms with Gasteiger partial charge in [-0.3, -0.25) is 0 Å². The van der Waals surface area contributed by atoms with E-state index in [1.54, 1.807) is 6.92 Å². The molecule has 0 amide bonds. The van der Waals surface area contributed by atoms with Crippen molar-refractivity contribution in [3.05, 3.63) is 0 Å². The highest BCUT2D eigenvalue weighted by Gasteiger charge is 1.90. The van der Waals surface area contributed by atoms with E-state index in [0.29, 0.717) is 0 Å². The summed E-state index contributed by atoms with van der Waals surface area (Å²) in [6.07, 6.45) is 0. The zero-order valence-electron chi connectivity index (χ0n) is 4.26. The van der Waals surface area contributed by atoms with Crippen LogP contribution >= 0.6 is 24.4 Å². The fourth-order valence-electron chi connectivity index (χ4n) is 0.219. The third-order valence-electron chi connectivity index (χ3n) is 0.442. The molecule has 0 aliphatic carbocycles. The van der Waals surface area contributed by atoms with Gasteiger partial charge in [0, 0.05) is 11.5 Å². The van der Waals surface area contributed by atoms with Crippen LogP contribution in [0, 0.1) is 0 Å². The molecule has 0 aliphatic heterocycles. The van der Waals surface area contributed by atoms with E-state index in [4.69, 9.17) is 5.11 Å². The van der Waals surface area contributed by atoms with Gasteiger partial charge in [-0.15, -0.1) is 11.8 Å². The summed E-state index contributed by atoms with van der Waals surface area (Å²) in [6, 6.07) is 0. The molecule has 1 radical (unpaired) electrons. The number of rotatable bonds is 3. The summed E-state index contributed by atoms with van der Waals surface area (Å²) in [5.41, 5.74) is -0.247. The molecular formula is C4H9OS2. The Bertz CT molecular complexity index is 38.7. The molecular weight excluding hydrogens is 128 g/mol. The fourth-order valence-corrected chi connectivity index (χ4v) is 0.945. The van der Waals surface area contributed by atoms with E-state index in [-0.39, 0.29) is 5.44 Å².